The summed E-state index contributed by atoms with van der Waals surface area (Å²) in [6, 6.07) is 11.5. The van der Waals surface area contributed by atoms with Crippen LogP contribution in [0.25, 0.3) is 0 Å². The zero-order valence-electron chi connectivity index (χ0n) is 18.4. The van der Waals surface area contributed by atoms with Crippen LogP contribution in [0.3, 0.4) is 0 Å². The molecule has 0 saturated heterocycles. The molecule has 0 spiro atoms. The Morgan fingerprint density at radius 2 is 1.85 bits per heavy atom. The van der Waals surface area contributed by atoms with E-state index in [0.29, 0.717) is 67.6 Å². The summed E-state index contributed by atoms with van der Waals surface area (Å²) in [6.45, 7) is 2.19. The Labute approximate surface area is 200 Å². The van der Waals surface area contributed by atoms with Crippen molar-refractivity contribution in [2.24, 2.45) is 0 Å². The van der Waals surface area contributed by atoms with Crippen molar-refractivity contribution in [3.63, 3.8) is 0 Å². The van der Waals surface area contributed by atoms with Crippen molar-refractivity contribution in [3.05, 3.63) is 52.8 Å². The van der Waals surface area contributed by atoms with Crippen molar-refractivity contribution in [2.75, 3.05) is 51.3 Å². The van der Waals surface area contributed by atoms with E-state index in [0.717, 1.165) is 15.7 Å². The Morgan fingerprint density at radius 1 is 1.03 bits per heavy atom. The first kappa shape index (κ1) is 23.1. The molecule has 1 aliphatic rings. The van der Waals surface area contributed by atoms with Gasteiger partial charge in [0.2, 0.25) is 5.88 Å². The smallest absolute Gasteiger partial charge is 0.248 e. The maximum atomic E-state index is 6.21. The molecule has 0 unspecified atom stereocenters. The van der Waals surface area contributed by atoms with Gasteiger partial charge in [-0.15, -0.1) is 0 Å². The van der Waals surface area contributed by atoms with Gasteiger partial charge in [-0.05, 0) is 18.2 Å². The van der Waals surface area contributed by atoms with Gasteiger partial charge in [0.25, 0.3) is 0 Å². The molecule has 2 heterocycles. The van der Waals surface area contributed by atoms with Gasteiger partial charge in [0.05, 0.1) is 18.8 Å². The highest BCUT2D eigenvalue weighted by molar-refractivity contribution is 9.10. The molecule has 10 heteroatoms. The van der Waals surface area contributed by atoms with E-state index in [-0.39, 0.29) is 0 Å². The highest BCUT2D eigenvalue weighted by atomic mass is 79.9. The van der Waals surface area contributed by atoms with Crippen LogP contribution in [0, 0.1) is 0 Å². The van der Waals surface area contributed by atoms with Crippen molar-refractivity contribution in [3.8, 4) is 23.1 Å². The van der Waals surface area contributed by atoms with Crippen LogP contribution in [0.2, 0.25) is 0 Å². The van der Waals surface area contributed by atoms with Gasteiger partial charge in [0.15, 0.2) is 5.82 Å². The van der Waals surface area contributed by atoms with E-state index in [1.807, 2.05) is 36.4 Å². The Hall–Kier alpha value is -3.08. The zero-order chi connectivity index (χ0) is 23.0. The van der Waals surface area contributed by atoms with Crippen LogP contribution in [0.15, 0.2) is 47.2 Å². The van der Waals surface area contributed by atoms with Crippen LogP contribution in [-0.2, 0) is 16.0 Å². The maximum Gasteiger partial charge on any atom is 0.248 e. The molecule has 0 aliphatic carbocycles. The lowest BCUT2D eigenvalue weighted by atomic mass is 10.1. The number of halogens is 1. The summed E-state index contributed by atoms with van der Waals surface area (Å²) in [5.41, 5.74) is 2.38. The second-order valence-electron chi connectivity index (χ2n) is 7.07. The summed E-state index contributed by atoms with van der Waals surface area (Å²) >= 11 is 3.49. The minimum atomic E-state index is 0.396. The third kappa shape index (κ3) is 5.84. The van der Waals surface area contributed by atoms with Gasteiger partial charge >= 0.3 is 0 Å². The second kappa shape index (κ2) is 11.2. The molecule has 0 amide bonds. The Kier molecular flexibility index (Phi) is 7.82. The largest absolute Gasteiger partial charge is 0.491 e. The molecule has 0 atom stereocenters. The van der Waals surface area contributed by atoms with Crippen molar-refractivity contribution in [1.82, 2.24) is 9.97 Å². The van der Waals surface area contributed by atoms with Crippen LogP contribution in [0.1, 0.15) is 5.56 Å². The normalized spacial score (nSPS) is 12.0. The second-order valence-corrected chi connectivity index (χ2v) is 7.99. The minimum absolute atomic E-state index is 0.396. The van der Waals surface area contributed by atoms with Gasteiger partial charge < -0.3 is 34.3 Å². The van der Waals surface area contributed by atoms with Gasteiger partial charge in [0, 0.05) is 43.1 Å². The molecule has 33 heavy (non-hydrogen) atoms. The number of methoxy groups -OCH3 is 2. The van der Waals surface area contributed by atoms with Crippen LogP contribution in [-0.4, -0.2) is 50.6 Å². The Bertz CT molecular complexity index is 1100. The predicted octanol–water partition coefficient (Wildman–Crippen LogP) is 4.75. The van der Waals surface area contributed by atoms with Crippen molar-refractivity contribution >= 4 is 33.1 Å². The van der Waals surface area contributed by atoms with Gasteiger partial charge in [-0.1, -0.05) is 22.0 Å². The lowest BCUT2D eigenvalue weighted by molar-refractivity contribution is 0.142. The molecule has 4 rings (SSSR count). The van der Waals surface area contributed by atoms with Crippen molar-refractivity contribution in [1.29, 1.82) is 0 Å². The third-order valence-corrected chi connectivity index (χ3v) is 5.28. The number of hydrogen-bond acceptors (Lipinski definition) is 9. The number of ether oxygens (including phenoxy) is 5. The van der Waals surface area contributed by atoms with Crippen molar-refractivity contribution < 1.29 is 23.7 Å². The number of rotatable bonds is 10. The van der Waals surface area contributed by atoms with E-state index in [1.54, 1.807) is 14.2 Å². The molecule has 0 saturated carbocycles. The van der Waals surface area contributed by atoms with Crippen LogP contribution >= 0.6 is 15.9 Å². The summed E-state index contributed by atoms with van der Waals surface area (Å²) < 4.78 is 29.2. The fourth-order valence-electron chi connectivity index (χ4n) is 3.24. The number of nitrogens with zero attached hydrogens (tertiary/aromatic N) is 2. The summed E-state index contributed by atoms with van der Waals surface area (Å²) in [5.74, 6) is 2.85. The van der Waals surface area contributed by atoms with E-state index >= 15 is 0 Å². The first-order valence-electron chi connectivity index (χ1n) is 10.4. The van der Waals surface area contributed by atoms with Crippen LogP contribution in [0.4, 0.5) is 17.2 Å². The fraction of sp³-hybridized carbons (Fsp3) is 0.304. The standard InChI is InChI=1S/C23H25BrN4O5/c1-29-6-8-31-17-11-19(32-9-7-30-2)18-13-25-21-22(28-16-5-3-4-15(24)10-16)26-14-27-23(21)33-20(18)12-17/h3-5,10-12,14,25H,6-9,13H2,1-2H3,(H,26,27,28). The molecule has 1 aromatic heterocycles. The molecule has 174 valence electrons. The van der Waals surface area contributed by atoms with E-state index in [2.05, 4.69) is 36.5 Å². The number of aromatic nitrogens is 2. The number of fused-ring (bicyclic) bond motifs is 2. The average Bonchev–Trinajstić information content (AvgIpc) is 2.99. The van der Waals surface area contributed by atoms with E-state index in [1.165, 1.54) is 6.33 Å². The monoisotopic (exact) mass is 516 g/mol. The first-order valence-corrected chi connectivity index (χ1v) is 11.2. The molecule has 0 radical (unpaired) electrons. The molecule has 9 nitrogen and oxygen atoms in total. The van der Waals surface area contributed by atoms with Gasteiger partial charge in [0.1, 0.15) is 42.5 Å². The molecular formula is C23H25BrN4O5. The Balaban J connectivity index is 1.64. The minimum Gasteiger partial charge on any atom is -0.491 e. The molecular weight excluding hydrogens is 492 g/mol. The predicted molar refractivity (Wildman–Crippen MR) is 128 cm³/mol. The molecule has 1 aliphatic heterocycles. The topological polar surface area (TPSA) is 96.0 Å². The average molecular weight is 517 g/mol. The zero-order valence-corrected chi connectivity index (χ0v) is 20.0. The van der Waals surface area contributed by atoms with E-state index < -0.39 is 0 Å². The maximum absolute atomic E-state index is 6.21. The summed E-state index contributed by atoms with van der Waals surface area (Å²) in [7, 11) is 3.26. The summed E-state index contributed by atoms with van der Waals surface area (Å²) in [4.78, 5) is 8.75. The fourth-order valence-corrected chi connectivity index (χ4v) is 3.63. The Morgan fingerprint density at radius 3 is 2.64 bits per heavy atom. The highest BCUT2D eigenvalue weighted by Gasteiger charge is 2.23. The first-order chi connectivity index (χ1) is 16.2. The highest BCUT2D eigenvalue weighted by Crippen LogP contribution is 2.43. The lowest BCUT2D eigenvalue weighted by Gasteiger charge is -2.16. The molecule has 3 aromatic rings. The lowest BCUT2D eigenvalue weighted by Crippen LogP contribution is -2.09. The number of anilines is 3. The SMILES string of the molecule is COCCOc1cc(OCCOC)c2c(c1)Oc1ncnc(Nc3cccc(Br)c3)c1NC2. The van der Waals surface area contributed by atoms with E-state index in [4.69, 9.17) is 23.7 Å². The van der Waals surface area contributed by atoms with Gasteiger partial charge in [-0.25, -0.2) is 4.98 Å². The molecule has 2 N–H and O–H groups in total. The number of benzene rings is 2. The molecule has 2 aromatic carbocycles. The number of hydrogen-bond donors (Lipinski definition) is 2. The van der Waals surface area contributed by atoms with Crippen LogP contribution < -0.4 is 24.8 Å². The quantitative estimate of drug-likeness (QED) is 0.370. The number of nitrogens with one attached hydrogen (secondary N) is 2. The summed E-state index contributed by atoms with van der Waals surface area (Å²) in [5, 5.41) is 6.71. The van der Waals surface area contributed by atoms with Crippen LogP contribution in [0.5, 0.6) is 23.1 Å². The molecule has 0 bridgehead atoms. The van der Waals surface area contributed by atoms with E-state index in [9.17, 15) is 0 Å². The van der Waals surface area contributed by atoms with Crippen molar-refractivity contribution in [2.45, 2.75) is 6.54 Å². The molecule has 0 fully saturated rings. The summed E-state index contributed by atoms with van der Waals surface area (Å²) in [6.07, 6.45) is 1.46. The van der Waals surface area contributed by atoms with Gasteiger partial charge in [-0.2, -0.15) is 4.98 Å². The third-order valence-electron chi connectivity index (χ3n) is 4.79. The van der Waals surface area contributed by atoms with Gasteiger partial charge in [-0.3, -0.25) is 0 Å².